The summed E-state index contributed by atoms with van der Waals surface area (Å²) in [7, 11) is 1.61. The van der Waals surface area contributed by atoms with E-state index in [0.717, 1.165) is 22.7 Å². The maximum absolute atomic E-state index is 13.2. The SMILES string of the molecule is COc1ccc(N2C(=O)/C(=C\c3ccco3)C(C3OC(C)O3)=C2C)cc1. The molecule has 3 heterocycles. The molecule has 0 saturated carbocycles. The second kappa shape index (κ2) is 6.48. The predicted octanol–water partition coefficient (Wildman–Crippen LogP) is 3.71. The van der Waals surface area contributed by atoms with Crippen molar-refractivity contribution in [2.45, 2.75) is 26.4 Å². The lowest BCUT2D eigenvalue weighted by Crippen LogP contribution is -2.40. The number of allylic oxidation sites excluding steroid dienone is 1. The van der Waals surface area contributed by atoms with Gasteiger partial charge in [-0.2, -0.15) is 0 Å². The molecule has 26 heavy (non-hydrogen) atoms. The molecule has 2 aromatic rings. The fraction of sp³-hybridized carbons (Fsp3) is 0.250. The highest BCUT2D eigenvalue weighted by Crippen LogP contribution is 2.40. The summed E-state index contributed by atoms with van der Waals surface area (Å²) < 4.78 is 21.9. The summed E-state index contributed by atoms with van der Waals surface area (Å²) in [5.41, 5.74) is 2.75. The number of methoxy groups -OCH3 is 1. The minimum atomic E-state index is -0.557. The van der Waals surface area contributed by atoms with Gasteiger partial charge in [0.15, 0.2) is 12.6 Å². The molecule has 0 radical (unpaired) electrons. The number of ether oxygens (including phenoxy) is 3. The van der Waals surface area contributed by atoms with Gasteiger partial charge in [-0.3, -0.25) is 9.69 Å². The second-order valence-corrected chi connectivity index (χ2v) is 6.08. The molecule has 1 aromatic carbocycles. The molecule has 0 spiro atoms. The molecule has 4 rings (SSSR count). The van der Waals surface area contributed by atoms with Crippen molar-refractivity contribution in [1.82, 2.24) is 0 Å². The summed E-state index contributed by atoms with van der Waals surface area (Å²) in [6.07, 6.45) is 2.45. The largest absolute Gasteiger partial charge is 0.497 e. The van der Waals surface area contributed by atoms with Gasteiger partial charge >= 0.3 is 0 Å². The van der Waals surface area contributed by atoms with E-state index in [1.807, 2.05) is 38.1 Å². The van der Waals surface area contributed by atoms with Crippen LogP contribution in [0.25, 0.3) is 6.08 Å². The summed E-state index contributed by atoms with van der Waals surface area (Å²) in [4.78, 5) is 14.8. The lowest BCUT2D eigenvalue weighted by Gasteiger charge is -2.35. The minimum absolute atomic E-state index is 0.147. The van der Waals surface area contributed by atoms with Crippen molar-refractivity contribution in [3.8, 4) is 5.75 Å². The van der Waals surface area contributed by atoms with Crippen LogP contribution < -0.4 is 9.64 Å². The van der Waals surface area contributed by atoms with E-state index in [4.69, 9.17) is 18.6 Å². The van der Waals surface area contributed by atoms with Crippen molar-refractivity contribution in [3.05, 3.63) is 65.3 Å². The average molecular weight is 353 g/mol. The Bertz CT molecular complexity index is 873. The van der Waals surface area contributed by atoms with Crippen molar-refractivity contribution in [3.63, 3.8) is 0 Å². The summed E-state index contributed by atoms with van der Waals surface area (Å²) >= 11 is 0. The Labute approximate surface area is 151 Å². The second-order valence-electron chi connectivity index (χ2n) is 6.08. The third-order valence-electron chi connectivity index (χ3n) is 4.48. The first-order chi connectivity index (χ1) is 12.6. The van der Waals surface area contributed by atoms with E-state index >= 15 is 0 Å². The van der Waals surface area contributed by atoms with Crippen LogP contribution in [0.3, 0.4) is 0 Å². The molecule has 0 bridgehead atoms. The van der Waals surface area contributed by atoms with E-state index in [1.165, 1.54) is 0 Å². The molecule has 6 heteroatoms. The Morgan fingerprint density at radius 3 is 2.46 bits per heavy atom. The molecule has 1 fully saturated rings. The number of hydrogen-bond acceptors (Lipinski definition) is 5. The van der Waals surface area contributed by atoms with Gasteiger partial charge in [0.2, 0.25) is 0 Å². The van der Waals surface area contributed by atoms with Crippen LogP contribution in [0.15, 0.2) is 63.9 Å². The monoisotopic (exact) mass is 353 g/mol. The Morgan fingerprint density at radius 2 is 1.88 bits per heavy atom. The van der Waals surface area contributed by atoms with E-state index < -0.39 is 6.29 Å². The van der Waals surface area contributed by atoms with Gasteiger partial charge in [-0.05, 0) is 56.3 Å². The molecule has 0 unspecified atom stereocenters. The summed E-state index contributed by atoms with van der Waals surface area (Å²) in [5, 5.41) is 0. The van der Waals surface area contributed by atoms with Gasteiger partial charge in [0.05, 0.1) is 18.9 Å². The van der Waals surface area contributed by atoms with Crippen molar-refractivity contribution in [2.75, 3.05) is 12.0 Å². The Morgan fingerprint density at radius 1 is 1.15 bits per heavy atom. The van der Waals surface area contributed by atoms with Crippen molar-refractivity contribution >= 4 is 17.7 Å². The van der Waals surface area contributed by atoms with Crippen LogP contribution in [0.2, 0.25) is 0 Å². The van der Waals surface area contributed by atoms with Gasteiger partial charge in [0.25, 0.3) is 5.91 Å². The molecule has 2 aliphatic heterocycles. The molecule has 0 N–H and O–H groups in total. The molecular formula is C20H19NO5. The first kappa shape index (κ1) is 16.6. The van der Waals surface area contributed by atoms with Gasteiger partial charge < -0.3 is 18.6 Å². The van der Waals surface area contributed by atoms with Gasteiger partial charge in [0.1, 0.15) is 11.5 Å². The molecule has 0 aliphatic carbocycles. The molecule has 1 amide bonds. The first-order valence-electron chi connectivity index (χ1n) is 8.34. The average Bonchev–Trinajstić information content (AvgIpc) is 3.20. The van der Waals surface area contributed by atoms with Gasteiger partial charge in [-0.1, -0.05) is 0 Å². The van der Waals surface area contributed by atoms with Gasteiger partial charge in [0, 0.05) is 17.0 Å². The molecule has 134 valence electrons. The number of carbonyl (C=O) groups is 1. The number of amides is 1. The highest BCUT2D eigenvalue weighted by Gasteiger charge is 2.43. The highest BCUT2D eigenvalue weighted by molar-refractivity contribution is 6.17. The lowest BCUT2D eigenvalue weighted by atomic mass is 10.0. The Hall–Kier alpha value is -2.83. The highest BCUT2D eigenvalue weighted by atomic mass is 16.9. The number of furan rings is 1. The predicted molar refractivity (Wildman–Crippen MR) is 95.3 cm³/mol. The van der Waals surface area contributed by atoms with Crippen LogP contribution in [-0.2, 0) is 14.3 Å². The zero-order chi connectivity index (χ0) is 18.3. The van der Waals surface area contributed by atoms with Crippen LogP contribution in [0, 0.1) is 0 Å². The minimum Gasteiger partial charge on any atom is -0.497 e. The number of rotatable bonds is 4. The third-order valence-corrected chi connectivity index (χ3v) is 4.48. The fourth-order valence-corrected chi connectivity index (χ4v) is 3.19. The van der Waals surface area contributed by atoms with Crippen LogP contribution in [0.5, 0.6) is 5.75 Å². The van der Waals surface area contributed by atoms with Crippen LogP contribution in [0.4, 0.5) is 5.69 Å². The number of anilines is 1. The van der Waals surface area contributed by atoms with Crippen molar-refractivity contribution < 1.29 is 23.4 Å². The molecular weight excluding hydrogens is 334 g/mol. The normalized spacial score (nSPS) is 24.3. The quantitative estimate of drug-likeness (QED) is 0.784. The topological polar surface area (TPSA) is 61.1 Å². The lowest BCUT2D eigenvalue weighted by molar-refractivity contribution is -0.358. The molecule has 1 saturated heterocycles. The number of carbonyl (C=O) groups excluding carboxylic acids is 1. The Kier molecular flexibility index (Phi) is 4.14. The smallest absolute Gasteiger partial charge is 0.263 e. The van der Waals surface area contributed by atoms with Gasteiger partial charge in [-0.15, -0.1) is 0 Å². The van der Waals surface area contributed by atoms with E-state index in [2.05, 4.69) is 0 Å². The maximum atomic E-state index is 13.2. The number of hydrogen-bond donors (Lipinski definition) is 0. The first-order valence-corrected chi connectivity index (χ1v) is 8.34. The molecule has 6 nitrogen and oxygen atoms in total. The van der Waals surface area contributed by atoms with E-state index in [9.17, 15) is 4.79 Å². The van der Waals surface area contributed by atoms with Crippen molar-refractivity contribution in [1.29, 1.82) is 0 Å². The summed E-state index contributed by atoms with van der Waals surface area (Å²) in [5.74, 6) is 1.18. The molecule has 0 atom stereocenters. The zero-order valence-corrected chi connectivity index (χ0v) is 14.8. The number of nitrogens with zero attached hydrogens (tertiary/aromatic N) is 1. The van der Waals surface area contributed by atoms with E-state index in [-0.39, 0.29) is 12.2 Å². The third kappa shape index (κ3) is 2.73. The van der Waals surface area contributed by atoms with Crippen LogP contribution in [-0.4, -0.2) is 25.6 Å². The molecule has 2 aliphatic rings. The zero-order valence-electron chi connectivity index (χ0n) is 14.8. The Balaban J connectivity index is 1.76. The van der Waals surface area contributed by atoms with Crippen LogP contribution >= 0.6 is 0 Å². The van der Waals surface area contributed by atoms with Crippen LogP contribution in [0.1, 0.15) is 19.6 Å². The fourth-order valence-electron chi connectivity index (χ4n) is 3.19. The van der Waals surface area contributed by atoms with E-state index in [1.54, 1.807) is 36.5 Å². The van der Waals surface area contributed by atoms with Gasteiger partial charge in [-0.25, -0.2) is 0 Å². The maximum Gasteiger partial charge on any atom is 0.263 e. The summed E-state index contributed by atoms with van der Waals surface area (Å²) in [6, 6.07) is 10.9. The summed E-state index contributed by atoms with van der Waals surface area (Å²) in [6.45, 7) is 3.70. The standard InChI is InChI=1S/C20H19NO5/c1-12-18(20-25-13(2)26-20)17(11-16-5-4-10-24-16)19(22)21(12)14-6-8-15(23-3)9-7-14/h4-11,13,20H,1-3H3/b17-11-. The van der Waals surface area contributed by atoms with E-state index in [0.29, 0.717) is 11.3 Å². The molecule has 1 aromatic heterocycles. The number of benzene rings is 1. The van der Waals surface area contributed by atoms with Crippen molar-refractivity contribution in [2.24, 2.45) is 0 Å².